The van der Waals surface area contributed by atoms with Crippen molar-refractivity contribution in [3.05, 3.63) is 75.6 Å². The molecule has 9 heteroatoms. The summed E-state index contributed by atoms with van der Waals surface area (Å²) in [5.41, 5.74) is 1.86. The zero-order valence-electron chi connectivity index (χ0n) is 15.0. The molecule has 2 aromatic heterocycles. The molecule has 0 radical (unpaired) electrons. The number of aromatic nitrogens is 4. The van der Waals surface area contributed by atoms with Crippen LogP contribution in [0.3, 0.4) is 0 Å². The van der Waals surface area contributed by atoms with Gasteiger partial charge in [-0.25, -0.2) is 4.39 Å². The van der Waals surface area contributed by atoms with Crippen molar-refractivity contribution in [3.8, 4) is 17.3 Å². The topological polar surface area (TPSA) is 81.4 Å². The predicted octanol–water partition coefficient (Wildman–Crippen LogP) is 3.34. The molecule has 0 saturated carbocycles. The van der Waals surface area contributed by atoms with Crippen LogP contribution in [0.5, 0.6) is 5.88 Å². The zero-order chi connectivity index (χ0) is 20.2. The fourth-order valence-corrected chi connectivity index (χ4v) is 3.32. The molecule has 0 aliphatic rings. The summed E-state index contributed by atoms with van der Waals surface area (Å²) in [4.78, 5) is 12.2. The Kier molecular flexibility index (Phi) is 5.65. The summed E-state index contributed by atoms with van der Waals surface area (Å²) in [6, 6.07) is 16.7. The normalized spacial score (nSPS) is 10.8. The second-order valence-corrected chi connectivity index (χ2v) is 7.22. The van der Waals surface area contributed by atoms with Gasteiger partial charge in [-0.15, -0.1) is 15.3 Å². The van der Waals surface area contributed by atoms with Crippen LogP contribution in [0.4, 0.5) is 4.39 Å². The van der Waals surface area contributed by atoms with Crippen LogP contribution >= 0.6 is 22.6 Å². The van der Waals surface area contributed by atoms with E-state index in [0.29, 0.717) is 35.0 Å². The minimum absolute atomic E-state index is 0.153. The monoisotopic (exact) mass is 503 g/mol. The highest BCUT2D eigenvalue weighted by Crippen LogP contribution is 2.19. The number of nitrogens with one attached hydrogen (secondary N) is 1. The van der Waals surface area contributed by atoms with E-state index in [1.54, 1.807) is 30.3 Å². The molecule has 146 valence electrons. The van der Waals surface area contributed by atoms with E-state index in [9.17, 15) is 9.18 Å². The van der Waals surface area contributed by atoms with Gasteiger partial charge in [0.15, 0.2) is 11.5 Å². The Morgan fingerprint density at radius 1 is 1.07 bits per heavy atom. The largest absolute Gasteiger partial charge is 0.475 e. The molecule has 0 spiro atoms. The van der Waals surface area contributed by atoms with E-state index in [4.69, 9.17) is 4.74 Å². The highest BCUT2D eigenvalue weighted by molar-refractivity contribution is 14.1. The Labute approximate surface area is 179 Å². The Balaban J connectivity index is 1.41. The second kappa shape index (κ2) is 8.52. The molecule has 0 fully saturated rings. The lowest BCUT2D eigenvalue weighted by molar-refractivity contribution is 0.0945. The summed E-state index contributed by atoms with van der Waals surface area (Å²) < 4.78 is 21.2. The van der Waals surface area contributed by atoms with Crippen molar-refractivity contribution in [1.82, 2.24) is 25.1 Å². The maximum atomic E-state index is 13.2. The molecule has 2 aromatic carbocycles. The van der Waals surface area contributed by atoms with Crippen molar-refractivity contribution in [2.24, 2.45) is 0 Å². The fraction of sp³-hybridized carbons (Fsp3) is 0.100. The number of amides is 1. The van der Waals surface area contributed by atoms with Crippen LogP contribution in [0.2, 0.25) is 0 Å². The molecule has 0 aliphatic heterocycles. The summed E-state index contributed by atoms with van der Waals surface area (Å²) in [6.45, 7) is 0.582. The van der Waals surface area contributed by atoms with Gasteiger partial charge in [-0.3, -0.25) is 4.79 Å². The van der Waals surface area contributed by atoms with Crippen molar-refractivity contribution in [3.63, 3.8) is 0 Å². The summed E-state index contributed by atoms with van der Waals surface area (Å²) in [7, 11) is 0. The number of carbonyl (C=O) groups excluding carboxylic acids is 1. The first kappa shape index (κ1) is 19.2. The Morgan fingerprint density at radius 3 is 2.66 bits per heavy atom. The van der Waals surface area contributed by atoms with Crippen molar-refractivity contribution < 1.29 is 13.9 Å². The van der Waals surface area contributed by atoms with Crippen LogP contribution < -0.4 is 10.1 Å². The van der Waals surface area contributed by atoms with E-state index in [0.717, 1.165) is 3.57 Å². The highest BCUT2D eigenvalue weighted by Gasteiger charge is 2.11. The van der Waals surface area contributed by atoms with Gasteiger partial charge >= 0.3 is 0 Å². The number of hydrogen-bond acceptors (Lipinski definition) is 5. The number of benzene rings is 2. The number of nitrogens with zero attached hydrogens (tertiary/aromatic N) is 4. The SMILES string of the molecule is O=C(NCCOc1ccc2nnc(-c3ccc(F)cc3)n2n1)c1ccccc1I. The Morgan fingerprint density at radius 2 is 1.86 bits per heavy atom. The second-order valence-electron chi connectivity index (χ2n) is 6.06. The first-order valence-corrected chi connectivity index (χ1v) is 9.83. The molecule has 0 saturated heterocycles. The Bertz CT molecular complexity index is 1160. The van der Waals surface area contributed by atoms with Crippen molar-refractivity contribution in [2.75, 3.05) is 13.2 Å². The molecule has 0 aliphatic carbocycles. The first-order chi connectivity index (χ1) is 14.1. The average molecular weight is 503 g/mol. The average Bonchev–Trinajstić information content (AvgIpc) is 3.15. The van der Waals surface area contributed by atoms with E-state index < -0.39 is 0 Å². The lowest BCUT2D eigenvalue weighted by Crippen LogP contribution is -2.28. The van der Waals surface area contributed by atoms with Gasteiger partial charge in [0.25, 0.3) is 5.91 Å². The summed E-state index contributed by atoms with van der Waals surface area (Å²) in [6.07, 6.45) is 0. The number of carbonyl (C=O) groups is 1. The van der Waals surface area contributed by atoms with Crippen molar-refractivity contribution in [2.45, 2.75) is 0 Å². The smallest absolute Gasteiger partial charge is 0.252 e. The van der Waals surface area contributed by atoms with Crippen LogP contribution in [-0.4, -0.2) is 38.9 Å². The number of rotatable bonds is 6. The third-order valence-corrected chi connectivity index (χ3v) is 5.04. The van der Waals surface area contributed by atoms with Gasteiger partial charge in [0, 0.05) is 15.2 Å². The van der Waals surface area contributed by atoms with Crippen LogP contribution in [0.25, 0.3) is 17.0 Å². The van der Waals surface area contributed by atoms with E-state index in [-0.39, 0.29) is 18.3 Å². The van der Waals surface area contributed by atoms with Gasteiger partial charge in [-0.1, -0.05) is 12.1 Å². The zero-order valence-corrected chi connectivity index (χ0v) is 17.2. The minimum Gasteiger partial charge on any atom is -0.475 e. The minimum atomic E-state index is -0.327. The molecule has 4 rings (SSSR count). The number of halogens is 2. The standard InChI is InChI=1S/C20H15FIN5O2/c21-14-7-5-13(6-8-14)19-25-24-17-9-10-18(26-27(17)19)29-12-11-23-20(28)15-3-1-2-4-16(15)22/h1-10H,11-12H2,(H,23,28). The summed E-state index contributed by atoms with van der Waals surface area (Å²) in [5, 5.41) is 15.4. The van der Waals surface area contributed by atoms with Crippen LogP contribution in [0.15, 0.2) is 60.7 Å². The van der Waals surface area contributed by atoms with Crippen molar-refractivity contribution >= 4 is 34.1 Å². The molecule has 7 nitrogen and oxygen atoms in total. The molecule has 0 atom stereocenters. The lowest BCUT2D eigenvalue weighted by Gasteiger charge is -2.08. The molecule has 0 bridgehead atoms. The molecular formula is C20H15FIN5O2. The highest BCUT2D eigenvalue weighted by atomic mass is 127. The predicted molar refractivity (Wildman–Crippen MR) is 113 cm³/mol. The van der Waals surface area contributed by atoms with Crippen LogP contribution in [-0.2, 0) is 0 Å². The molecule has 1 N–H and O–H groups in total. The van der Waals surface area contributed by atoms with Gasteiger partial charge < -0.3 is 10.1 Å². The summed E-state index contributed by atoms with van der Waals surface area (Å²) >= 11 is 2.13. The van der Waals surface area contributed by atoms with Crippen molar-refractivity contribution in [1.29, 1.82) is 0 Å². The molecule has 1 amide bonds. The third-order valence-electron chi connectivity index (χ3n) is 4.10. The van der Waals surface area contributed by atoms with Gasteiger partial charge in [-0.2, -0.15) is 4.52 Å². The van der Waals surface area contributed by atoms with Crippen LogP contribution in [0.1, 0.15) is 10.4 Å². The number of ether oxygens (including phenoxy) is 1. The lowest BCUT2D eigenvalue weighted by atomic mass is 10.2. The van der Waals surface area contributed by atoms with E-state index in [1.165, 1.54) is 16.6 Å². The van der Waals surface area contributed by atoms with Gasteiger partial charge in [0.1, 0.15) is 12.4 Å². The van der Waals surface area contributed by atoms with Gasteiger partial charge in [-0.05, 0) is 65.1 Å². The van der Waals surface area contributed by atoms with Gasteiger partial charge in [0.2, 0.25) is 5.88 Å². The van der Waals surface area contributed by atoms with Gasteiger partial charge in [0.05, 0.1) is 12.1 Å². The fourth-order valence-electron chi connectivity index (χ4n) is 2.69. The summed E-state index contributed by atoms with van der Waals surface area (Å²) in [5.74, 6) is 0.368. The Hall–Kier alpha value is -3.08. The molecule has 29 heavy (non-hydrogen) atoms. The number of hydrogen-bond donors (Lipinski definition) is 1. The molecule has 4 aromatic rings. The number of fused-ring (bicyclic) bond motifs is 1. The maximum Gasteiger partial charge on any atom is 0.252 e. The van der Waals surface area contributed by atoms with Crippen LogP contribution in [0, 0.1) is 9.39 Å². The van der Waals surface area contributed by atoms with E-state index in [2.05, 4.69) is 43.2 Å². The maximum absolute atomic E-state index is 13.2. The molecule has 2 heterocycles. The molecule has 0 unspecified atom stereocenters. The van der Waals surface area contributed by atoms with E-state index >= 15 is 0 Å². The third kappa shape index (κ3) is 4.34. The van der Waals surface area contributed by atoms with E-state index in [1.807, 2.05) is 18.2 Å². The molecular weight excluding hydrogens is 488 g/mol. The first-order valence-electron chi connectivity index (χ1n) is 8.76. The quantitative estimate of drug-likeness (QED) is 0.323.